The summed E-state index contributed by atoms with van der Waals surface area (Å²) in [5.41, 5.74) is 0. The van der Waals surface area contributed by atoms with Crippen LogP contribution in [0, 0.1) is 0 Å². The van der Waals surface area contributed by atoms with Gasteiger partial charge in [-0.1, -0.05) is 19.8 Å². The van der Waals surface area contributed by atoms with Gasteiger partial charge in [-0.25, -0.2) is 4.98 Å². The van der Waals surface area contributed by atoms with Crippen LogP contribution in [0.15, 0.2) is 11.6 Å². The first kappa shape index (κ1) is 15.6. The summed E-state index contributed by atoms with van der Waals surface area (Å²) < 4.78 is 0. The predicted molar refractivity (Wildman–Crippen MR) is 77.1 cm³/mol. The number of nitrogens with one attached hydrogen (secondary N) is 1. The molecule has 0 aliphatic carbocycles. The number of thiazole rings is 1. The molecule has 0 aliphatic rings. The van der Waals surface area contributed by atoms with E-state index in [0.717, 1.165) is 19.3 Å². The highest BCUT2D eigenvalue weighted by Crippen LogP contribution is 2.10. The van der Waals surface area contributed by atoms with Gasteiger partial charge in [-0.15, -0.1) is 11.3 Å². The quantitative estimate of drug-likeness (QED) is 0.746. The number of carbonyl (C=O) groups excluding carboxylic acids is 2. The molecule has 6 heteroatoms. The summed E-state index contributed by atoms with van der Waals surface area (Å²) in [6, 6.07) is 0. The fourth-order valence-electron chi connectivity index (χ4n) is 1.68. The van der Waals surface area contributed by atoms with Crippen molar-refractivity contribution in [1.29, 1.82) is 0 Å². The molecule has 0 saturated heterocycles. The first-order chi connectivity index (χ1) is 9.17. The highest BCUT2D eigenvalue weighted by atomic mass is 32.1. The summed E-state index contributed by atoms with van der Waals surface area (Å²) >= 11 is 1.36. The van der Waals surface area contributed by atoms with Gasteiger partial charge in [-0.05, 0) is 13.3 Å². The van der Waals surface area contributed by atoms with E-state index in [1.54, 1.807) is 16.5 Å². The Kier molecular flexibility index (Phi) is 7.10. The van der Waals surface area contributed by atoms with Crippen LogP contribution in [-0.2, 0) is 9.59 Å². The molecule has 0 saturated carbocycles. The number of aromatic nitrogens is 1. The molecule has 1 aromatic rings. The number of nitrogens with zero attached hydrogens (tertiary/aromatic N) is 2. The number of anilines is 1. The molecular weight excluding hydrogens is 262 g/mol. The number of amides is 2. The molecule has 5 nitrogen and oxygen atoms in total. The van der Waals surface area contributed by atoms with Crippen LogP contribution in [-0.4, -0.2) is 34.8 Å². The average molecular weight is 283 g/mol. The van der Waals surface area contributed by atoms with Crippen LogP contribution in [0.4, 0.5) is 5.13 Å². The monoisotopic (exact) mass is 283 g/mol. The van der Waals surface area contributed by atoms with Gasteiger partial charge in [0.2, 0.25) is 11.8 Å². The molecule has 1 rings (SSSR count). The molecule has 1 heterocycles. The van der Waals surface area contributed by atoms with Gasteiger partial charge in [0.15, 0.2) is 5.13 Å². The maximum absolute atomic E-state index is 11.9. The molecule has 2 amide bonds. The Bertz CT molecular complexity index is 393. The number of unbranched alkanes of at least 4 members (excludes halogenated alkanes) is 2. The van der Waals surface area contributed by atoms with Gasteiger partial charge in [0, 0.05) is 24.5 Å². The molecule has 106 valence electrons. The summed E-state index contributed by atoms with van der Waals surface area (Å²) in [4.78, 5) is 29.3. The minimum absolute atomic E-state index is 0.0465. The number of likely N-dealkylation sites (N-methyl/N-ethyl adjacent to an activating group) is 1. The number of rotatable bonds is 8. The molecule has 0 unspecified atom stereocenters. The Morgan fingerprint density at radius 2 is 2.16 bits per heavy atom. The first-order valence-electron chi connectivity index (χ1n) is 6.64. The Hall–Kier alpha value is -1.43. The lowest BCUT2D eigenvalue weighted by atomic mass is 10.2. The SMILES string of the molecule is CCCCCC(=O)N(CC)CC(=O)Nc1nccs1. The van der Waals surface area contributed by atoms with Crippen molar-refractivity contribution in [2.24, 2.45) is 0 Å². The van der Waals surface area contributed by atoms with E-state index < -0.39 is 0 Å². The van der Waals surface area contributed by atoms with E-state index in [9.17, 15) is 9.59 Å². The number of hydrogen-bond donors (Lipinski definition) is 1. The van der Waals surface area contributed by atoms with Crippen molar-refractivity contribution < 1.29 is 9.59 Å². The van der Waals surface area contributed by atoms with Crippen molar-refractivity contribution in [2.45, 2.75) is 39.5 Å². The zero-order valence-corrected chi connectivity index (χ0v) is 12.3. The van der Waals surface area contributed by atoms with Crippen LogP contribution < -0.4 is 5.32 Å². The van der Waals surface area contributed by atoms with Gasteiger partial charge in [0.25, 0.3) is 0 Å². The van der Waals surface area contributed by atoms with Crippen LogP contribution in [0.5, 0.6) is 0 Å². The fourth-order valence-corrected chi connectivity index (χ4v) is 2.22. The summed E-state index contributed by atoms with van der Waals surface area (Å²) in [5, 5.41) is 5.05. The third kappa shape index (κ3) is 5.83. The summed E-state index contributed by atoms with van der Waals surface area (Å²) in [5.74, 6) is -0.147. The molecule has 0 bridgehead atoms. The first-order valence-corrected chi connectivity index (χ1v) is 7.52. The molecule has 0 fully saturated rings. The lowest BCUT2D eigenvalue weighted by Crippen LogP contribution is -2.37. The van der Waals surface area contributed by atoms with E-state index >= 15 is 0 Å². The van der Waals surface area contributed by atoms with Crippen molar-refractivity contribution >= 4 is 28.3 Å². The Balaban J connectivity index is 2.38. The van der Waals surface area contributed by atoms with Crippen molar-refractivity contribution in [2.75, 3.05) is 18.4 Å². The third-order valence-corrected chi connectivity index (χ3v) is 3.43. The van der Waals surface area contributed by atoms with Gasteiger partial charge in [-0.3, -0.25) is 9.59 Å². The number of hydrogen-bond acceptors (Lipinski definition) is 4. The van der Waals surface area contributed by atoms with E-state index in [1.165, 1.54) is 11.3 Å². The van der Waals surface area contributed by atoms with Crippen LogP contribution in [0.25, 0.3) is 0 Å². The predicted octanol–water partition coefficient (Wildman–Crippen LogP) is 2.51. The highest BCUT2D eigenvalue weighted by Gasteiger charge is 2.15. The topological polar surface area (TPSA) is 62.3 Å². The van der Waals surface area contributed by atoms with Crippen molar-refractivity contribution in [3.05, 3.63) is 11.6 Å². The van der Waals surface area contributed by atoms with E-state index in [0.29, 0.717) is 18.1 Å². The van der Waals surface area contributed by atoms with Gasteiger partial charge in [0.1, 0.15) is 0 Å². The van der Waals surface area contributed by atoms with Crippen LogP contribution in [0.3, 0.4) is 0 Å². The number of carbonyl (C=O) groups is 2. The second-order valence-corrected chi connectivity index (χ2v) is 5.15. The normalized spacial score (nSPS) is 10.2. The standard InChI is InChI=1S/C13H21N3O2S/c1-3-5-6-7-12(18)16(4-2)10-11(17)15-13-14-8-9-19-13/h8-9H,3-7,10H2,1-2H3,(H,14,15,17). The second kappa shape index (κ2) is 8.63. The zero-order chi connectivity index (χ0) is 14.1. The lowest BCUT2D eigenvalue weighted by molar-refractivity contribution is -0.134. The molecule has 0 atom stereocenters. The highest BCUT2D eigenvalue weighted by molar-refractivity contribution is 7.13. The van der Waals surface area contributed by atoms with Crippen LogP contribution in [0.2, 0.25) is 0 Å². The fraction of sp³-hybridized carbons (Fsp3) is 0.615. The summed E-state index contributed by atoms with van der Waals surface area (Å²) in [6.07, 6.45) is 5.18. The van der Waals surface area contributed by atoms with Gasteiger partial charge >= 0.3 is 0 Å². The Morgan fingerprint density at radius 1 is 1.37 bits per heavy atom. The minimum Gasteiger partial charge on any atom is -0.334 e. The molecule has 1 aromatic heterocycles. The molecule has 0 aliphatic heterocycles. The van der Waals surface area contributed by atoms with Crippen LogP contribution in [0.1, 0.15) is 39.5 Å². The van der Waals surface area contributed by atoms with Crippen molar-refractivity contribution in [1.82, 2.24) is 9.88 Å². The van der Waals surface area contributed by atoms with E-state index in [-0.39, 0.29) is 18.4 Å². The maximum Gasteiger partial charge on any atom is 0.245 e. The molecule has 0 spiro atoms. The molecule has 0 radical (unpaired) electrons. The smallest absolute Gasteiger partial charge is 0.245 e. The Labute approximate surface area is 118 Å². The summed E-state index contributed by atoms with van der Waals surface area (Å²) in [6.45, 7) is 4.63. The van der Waals surface area contributed by atoms with Crippen LogP contribution >= 0.6 is 11.3 Å². The molecular formula is C13H21N3O2S. The largest absolute Gasteiger partial charge is 0.334 e. The second-order valence-electron chi connectivity index (χ2n) is 4.25. The lowest BCUT2D eigenvalue weighted by Gasteiger charge is -2.19. The third-order valence-electron chi connectivity index (χ3n) is 2.74. The van der Waals surface area contributed by atoms with Gasteiger partial charge in [-0.2, -0.15) is 0 Å². The summed E-state index contributed by atoms with van der Waals surface area (Å²) in [7, 11) is 0. The van der Waals surface area contributed by atoms with Crippen molar-refractivity contribution in [3.8, 4) is 0 Å². The average Bonchev–Trinajstić information content (AvgIpc) is 2.88. The van der Waals surface area contributed by atoms with E-state index in [1.807, 2.05) is 6.92 Å². The molecule has 19 heavy (non-hydrogen) atoms. The van der Waals surface area contributed by atoms with Gasteiger partial charge in [0.05, 0.1) is 6.54 Å². The Morgan fingerprint density at radius 3 is 2.74 bits per heavy atom. The molecule has 1 N–H and O–H groups in total. The van der Waals surface area contributed by atoms with Crippen molar-refractivity contribution in [3.63, 3.8) is 0 Å². The van der Waals surface area contributed by atoms with E-state index in [2.05, 4.69) is 17.2 Å². The zero-order valence-electron chi connectivity index (χ0n) is 11.5. The van der Waals surface area contributed by atoms with Gasteiger partial charge < -0.3 is 10.2 Å². The maximum atomic E-state index is 11.9. The minimum atomic E-state index is -0.194. The molecule has 0 aromatic carbocycles. The van der Waals surface area contributed by atoms with E-state index in [4.69, 9.17) is 0 Å².